The first-order chi connectivity index (χ1) is 14.1. The molecule has 3 aromatic rings. The van der Waals surface area contributed by atoms with Crippen LogP contribution in [0.1, 0.15) is 23.2 Å². The van der Waals surface area contributed by atoms with Crippen LogP contribution in [0.25, 0.3) is 5.69 Å². The summed E-state index contributed by atoms with van der Waals surface area (Å²) in [6.07, 6.45) is 0.897. The number of aryl methyl sites for hydroxylation is 2. The van der Waals surface area contributed by atoms with Crippen LogP contribution >= 0.6 is 0 Å². The van der Waals surface area contributed by atoms with Crippen molar-refractivity contribution in [2.45, 2.75) is 26.7 Å². The Morgan fingerprint density at radius 2 is 1.79 bits per heavy atom. The highest BCUT2D eigenvalue weighted by Crippen LogP contribution is 2.31. The standard InChI is InChI=1S/C23H27N3O3/c1-17-9-11-20(12-10-17)29-23-21(13-14-22(27)24-15-16-28-3)18(2)25-26(23)19-7-5-4-6-8-19/h4-12H,13-16H2,1-3H3,(H,24,27). The summed E-state index contributed by atoms with van der Waals surface area (Å²) in [7, 11) is 1.61. The smallest absolute Gasteiger partial charge is 0.226 e. The minimum absolute atomic E-state index is 0.0183. The average Bonchev–Trinajstić information content (AvgIpc) is 3.04. The first-order valence-corrected chi connectivity index (χ1v) is 9.72. The maximum Gasteiger partial charge on any atom is 0.226 e. The van der Waals surface area contributed by atoms with E-state index >= 15 is 0 Å². The van der Waals surface area contributed by atoms with Crippen molar-refractivity contribution >= 4 is 5.91 Å². The topological polar surface area (TPSA) is 65.4 Å². The second kappa shape index (κ2) is 9.89. The Balaban J connectivity index is 1.87. The van der Waals surface area contributed by atoms with E-state index in [1.54, 1.807) is 11.8 Å². The first-order valence-electron chi connectivity index (χ1n) is 9.72. The lowest BCUT2D eigenvalue weighted by atomic mass is 10.1. The number of carbonyl (C=O) groups excluding carboxylic acids is 1. The van der Waals surface area contributed by atoms with E-state index in [0.717, 1.165) is 28.3 Å². The SMILES string of the molecule is COCCNC(=O)CCc1c(C)nn(-c2ccccc2)c1Oc1ccc(C)cc1. The third-order valence-corrected chi connectivity index (χ3v) is 4.60. The normalized spacial score (nSPS) is 10.7. The average molecular weight is 393 g/mol. The van der Waals surface area contributed by atoms with Gasteiger partial charge in [-0.3, -0.25) is 4.79 Å². The fourth-order valence-corrected chi connectivity index (χ4v) is 3.01. The highest BCUT2D eigenvalue weighted by Gasteiger charge is 2.19. The zero-order valence-electron chi connectivity index (χ0n) is 17.1. The number of carbonyl (C=O) groups is 1. The van der Waals surface area contributed by atoms with Gasteiger partial charge in [0.05, 0.1) is 18.0 Å². The Bertz CT molecular complexity index is 934. The number of nitrogens with zero attached hydrogens (tertiary/aromatic N) is 2. The molecule has 6 nitrogen and oxygen atoms in total. The molecular formula is C23H27N3O3. The van der Waals surface area contributed by atoms with Crippen molar-refractivity contribution < 1.29 is 14.3 Å². The van der Waals surface area contributed by atoms with Gasteiger partial charge in [-0.15, -0.1) is 0 Å². The van der Waals surface area contributed by atoms with Crippen molar-refractivity contribution in [3.05, 3.63) is 71.4 Å². The van der Waals surface area contributed by atoms with Crippen molar-refractivity contribution in [1.29, 1.82) is 0 Å². The van der Waals surface area contributed by atoms with Crippen LogP contribution in [0.15, 0.2) is 54.6 Å². The van der Waals surface area contributed by atoms with Gasteiger partial charge in [0.1, 0.15) is 5.75 Å². The highest BCUT2D eigenvalue weighted by atomic mass is 16.5. The van der Waals surface area contributed by atoms with Crippen LogP contribution in [0.2, 0.25) is 0 Å². The van der Waals surface area contributed by atoms with Crippen molar-refractivity contribution in [2.24, 2.45) is 0 Å². The van der Waals surface area contributed by atoms with Gasteiger partial charge >= 0.3 is 0 Å². The summed E-state index contributed by atoms with van der Waals surface area (Å²) in [6, 6.07) is 17.7. The van der Waals surface area contributed by atoms with E-state index in [1.165, 1.54) is 0 Å². The van der Waals surface area contributed by atoms with E-state index in [2.05, 4.69) is 10.4 Å². The number of benzene rings is 2. The van der Waals surface area contributed by atoms with E-state index in [4.69, 9.17) is 9.47 Å². The molecular weight excluding hydrogens is 366 g/mol. The van der Waals surface area contributed by atoms with Gasteiger partial charge in [-0.1, -0.05) is 35.9 Å². The number of para-hydroxylation sites is 1. The van der Waals surface area contributed by atoms with Crippen molar-refractivity contribution in [3.63, 3.8) is 0 Å². The number of aromatic nitrogens is 2. The molecule has 2 aromatic carbocycles. The Morgan fingerprint density at radius 3 is 2.48 bits per heavy atom. The molecule has 3 rings (SSSR count). The Kier molecular flexibility index (Phi) is 7.03. The number of rotatable bonds is 9. The maximum absolute atomic E-state index is 12.2. The van der Waals surface area contributed by atoms with Crippen LogP contribution < -0.4 is 10.1 Å². The van der Waals surface area contributed by atoms with E-state index < -0.39 is 0 Å². The summed E-state index contributed by atoms with van der Waals surface area (Å²) in [5, 5.41) is 7.54. The second-order valence-electron chi connectivity index (χ2n) is 6.87. The van der Waals surface area contributed by atoms with Crippen LogP contribution in [0.3, 0.4) is 0 Å². The summed E-state index contributed by atoms with van der Waals surface area (Å²) in [5.41, 5.74) is 3.85. The van der Waals surface area contributed by atoms with Crippen molar-refractivity contribution in [1.82, 2.24) is 15.1 Å². The van der Waals surface area contributed by atoms with Gasteiger partial charge in [0.2, 0.25) is 11.8 Å². The summed E-state index contributed by atoms with van der Waals surface area (Å²) >= 11 is 0. The lowest BCUT2D eigenvalue weighted by Crippen LogP contribution is -2.27. The van der Waals surface area contributed by atoms with Gasteiger partial charge in [-0.25, -0.2) is 4.68 Å². The van der Waals surface area contributed by atoms with Crippen molar-refractivity contribution in [2.75, 3.05) is 20.3 Å². The first kappa shape index (κ1) is 20.6. The lowest BCUT2D eigenvalue weighted by molar-refractivity contribution is -0.121. The summed E-state index contributed by atoms with van der Waals surface area (Å²) in [5.74, 6) is 1.36. The largest absolute Gasteiger partial charge is 0.439 e. The molecule has 0 radical (unpaired) electrons. The predicted molar refractivity (Wildman–Crippen MR) is 113 cm³/mol. The molecule has 29 heavy (non-hydrogen) atoms. The van der Waals surface area contributed by atoms with Gasteiger partial charge in [-0.2, -0.15) is 5.10 Å². The van der Waals surface area contributed by atoms with Gasteiger partial charge in [-0.05, 0) is 44.5 Å². The fourth-order valence-electron chi connectivity index (χ4n) is 3.01. The Labute approximate surface area is 171 Å². The second-order valence-corrected chi connectivity index (χ2v) is 6.87. The zero-order valence-corrected chi connectivity index (χ0v) is 17.1. The number of hydrogen-bond donors (Lipinski definition) is 1. The molecule has 1 aromatic heterocycles. The van der Waals surface area contributed by atoms with Gasteiger partial charge in [0.15, 0.2) is 0 Å². The lowest BCUT2D eigenvalue weighted by Gasteiger charge is -2.12. The van der Waals surface area contributed by atoms with Gasteiger partial charge in [0, 0.05) is 25.6 Å². The maximum atomic E-state index is 12.2. The Morgan fingerprint density at radius 1 is 1.07 bits per heavy atom. The molecule has 0 saturated carbocycles. The Hall–Kier alpha value is -3.12. The van der Waals surface area contributed by atoms with Crippen LogP contribution in [0.5, 0.6) is 11.6 Å². The van der Waals surface area contributed by atoms with Gasteiger partial charge in [0.25, 0.3) is 0 Å². The molecule has 0 spiro atoms. The molecule has 0 bridgehead atoms. The van der Waals surface area contributed by atoms with E-state index in [9.17, 15) is 4.79 Å². The molecule has 1 amide bonds. The molecule has 0 aliphatic rings. The predicted octanol–water partition coefficient (Wildman–Crippen LogP) is 3.98. The molecule has 1 heterocycles. The van der Waals surface area contributed by atoms with Crippen LogP contribution in [0.4, 0.5) is 0 Å². The fraction of sp³-hybridized carbons (Fsp3) is 0.304. The molecule has 0 aliphatic heterocycles. The molecule has 1 N–H and O–H groups in total. The quantitative estimate of drug-likeness (QED) is 0.559. The number of ether oxygens (including phenoxy) is 2. The van der Waals surface area contributed by atoms with E-state index in [0.29, 0.717) is 31.9 Å². The van der Waals surface area contributed by atoms with Crippen LogP contribution in [-0.4, -0.2) is 35.9 Å². The third kappa shape index (κ3) is 5.45. The third-order valence-electron chi connectivity index (χ3n) is 4.60. The van der Waals surface area contributed by atoms with Crippen molar-refractivity contribution in [3.8, 4) is 17.3 Å². The number of nitrogens with one attached hydrogen (secondary N) is 1. The molecule has 0 saturated heterocycles. The minimum Gasteiger partial charge on any atom is -0.439 e. The number of hydrogen-bond acceptors (Lipinski definition) is 4. The highest BCUT2D eigenvalue weighted by molar-refractivity contribution is 5.76. The van der Waals surface area contributed by atoms with Crippen LogP contribution in [-0.2, 0) is 16.0 Å². The molecule has 0 unspecified atom stereocenters. The minimum atomic E-state index is -0.0183. The summed E-state index contributed by atoms with van der Waals surface area (Å²) in [6.45, 7) is 4.98. The zero-order chi connectivity index (χ0) is 20.6. The number of methoxy groups -OCH3 is 1. The van der Waals surface area contributed by atoms with E-state index in [-0.39, 0.29) is 5.91 Å². The monoisotopic (exact) mass is 393 g/mol. The number of amides is 1. The summed E-state index contributed by atoms with van der Waals surface area (Å²) < 4.78 is 13.0. The molecule has 152 valence electrons. The van der Waals surface area contributed by atoms with Gasteiger partial charge < -0.3 is 14.8 Å². The molecule has 0 fully saturated rings. The molecule has 0 atom stereocenters. The molecule has 6 heteroatoms. The van der Waals surface area contributed by atoms with Crippen LogP contribution in [0, 0.1) is 13.8 Å². The van der Waals surface area contributed by atoms with E-state index in [1.807, 2.05) is 68.4 Å². The summed E-state index contributed by atoms with van der Waals surface area (Å²) in [4.78, 5) is 12.2. The molecule has 0 aliphatic carbocycles.